The van der Waals surface area contributed by atoms with Crippen molar-refractivity contribution in [3.63, 3.8) is 0 Å². The van der Waals surface area contributed by atoms with Crippen LogP contribution in [0.15, 0.2) is 41.8 Å². The van der Waals surface area contributed by atoms with E-state index in [4.69, 9.17) is 4.74 Å². The molecule has 0 aliphatic carbocycles. The Balaban J connectivity index is 1.80. The van der Waals surface area contributed by atoms with Gasteiger partial charge in [0, 0.05) is 12.8 Å². The third-order valence-corrected chi connectivity index (χ3v) is 5.80. The second kappa shape index (κ2) is 7.89. The maximum Gasteiger partial charge on any atom is 0.232 e. The van der Waals surface area contributed by atoms with Gasteiger partial charge in [-0.1, -0.05) is 30.3 Å². The van der Waals surface area contributed by atoms with E-state index in [1.54, 1.807) is 0 Å². The van der Waals surface area contributed by atoms with Gasteiger partial charge in [-0.15, -0.1) is 0 Å². The highest BCUT2D eigenvalue weighted by Crippen LogP contribution is 2.35. The lowest BCUT2D eigenvalue weighted by Crippen LogP contribution is -2.33. The number of nitrogens with zero attached hydrogens (tertiary/aromatic N) is 4. The number of rotatable bonds is 6. The number of anilines is 1. The van der Waals surface area contributed by atoms with Crippen molar-refractivity contribution in [3.8, 4) is 0 Å². The van der Waals surface area contributed by atoms with Gasteiger partial charge in [-0.05, 0) is 5.56 Å². The lowest BCUT2D eigenvalue weighted by molar-refractivity contribution is -0.0550. The largest absolute Gasteiger partial charge is 0.394 e. The fourth-order valence-electron chi connectivity index (χ4n) is 3.38. The predicted molar refractivity (Wildman–Crippen MR) is 105 cm³/mol. The van der Waals surface area contributed by atoms with Crippen molar-refractivity contribution in [3.05, 3.63) is 42.2 Å². The van der Waals surface area contributed by atoms with Gasteiger partial charge >= 0.3 is 0 Å². The van der Waals surface area contributed by atoms with Crippen molar-refractivity contribution < 1.29 is 28.5 Å². The Hall–Kier alpha value is -2.64. The van der Waals surface area contributed by atoms with Gasteiger partial charge in [0.1, 0.15) is 24.6 Å². The SMILES string of the molecule is CS(=O)(=O)c1nc2c(NCc3ccccc3)ncnc2n1[C@@H]1O[C@H](CO)[C@@H](O)[C@H]1O. The van der Waals surface area contributed by atoms with Gasteiger partial charge in [0.15, 0.2) is 23.2 Å². The lowest BCUT2D eigenvalue weighted by Gasteiger charge is -2.18. The Kier molecular flexibility index (Phi) is 5.42. The molecule has 4 rings (SSSR count). The molecule has 30 heavy (non-hydrogen) atoms. The molecule has 1 saturated heterocycles. The minimum Gasteiger partial charge on any atom is -0.394 e. The number of aliphatic hydroxyl groups is 3. The summed E-state index contributed by atoms with van der Waals surface area (Å²) in [4.78, 5) is 12.5. The maximum atomic E-state index is 12.4. The smallest absolute Gasteiger partial charge is 0.232 e. The third-order valence-electron chi connectivity index (χ3n) is 4.85. The van der Waals surface area contributed by atoms with Crippen molar-refractivity contribution in [2.45, 2.75) is 36.2 Å². The molecular weight excluding hydrogens is 414 g/mol. The number of imidazole rings is 1. The van der Waals surface area contributed by atoms with Crippen molar-refractivity contribution in [2.75, 3.05) is 18.2 Å². The molecule has 1 aliphatic rings. The molecule has 0 unspecified atom stereocenters. The number of ether oxygens (including phenoxy) is 1. The topological polar surface area (TPSA) is 160 Å². The van der Waals surface area contributed by atoms with Gasteiger partial charge in [0.25, 0.3) is 0 Å². The Labute approximate surface area is 171 Å². The van der Waals surface area contributed by atoms with E-state index >= 15 is 0 Å². The van der Waals surface area contributed by atoms with E-state index in [1.165, 1.54) is 6.33 Å². The zero-order valence-corrected chi connectivity index (χ0v) is 16.8. The molecule has 0 spiro atoms. The first-order chi connectivity index (χ1) is 14.3. The van der Waals surface area contributed by atoms with Crippen LogP contribution in [0.3, 0.4) is 0 Å². The number of fused-ring (bicyclic) bond motifs is 1. The summed E-state index contributed by atoms with van der Waals surface area (Å²) >= 11 is 0. The second-order valence-corrected chi connectivity index (χ2v) is 8.91. The monoisotopic (exact) mass is 435 g/mol. The van der Waals surface area contributed by atoms with Gasteiger partial charge in [-0.25, -0.2) is 23.4 Å². The van der Waals surface area contributed by atoms with Crippen LogP contribution >= 0.6 is 0 Å². The number of aliphatic hydroxyl groups excluding tert-OH is 3. The number of hydrogen-bond acceptors (Lipinski definition) is 10. The minimum absolute atomic E-state index is 0.107. The molecule has 0 bridgehead atoms. The first-order valence-corrected chi connectivity index (χ1v) is 11.0. The number of sulfone groups is 1. The van der Waals surface area contributed by atoms with Crippen LogP contribution in [0.4, 0.5) is 5.82 Å². The zero-order chi connectivity index (χ0) is 21.5. The van der Waals surface area contributed by atoms with E-state index in [9.17, 15) is 23.7 Å². The molecule has 4 atom stereocenters. The van der Waals surface area contributed by atoms with Gasteiger partial charge in [0.05, 0.1) is 6.61 Å². The average molecular weight is 435 g/mol. The van der Waals surface area contributed by atoms with Gasteiger partial charge in [-0.3, -0.25) is 4.57 Å². The number of nitrogens with one attached hydrogen (secondary N) is 1. The summed E-state index contributed by atoms with van der Waals surface area (Å²) in [5.74, 6) is 0.305. The fourth-order valence-corrected chi connectivity index (χ4v) is 4.19. The molecule has 3 aromatic rings. The van der Waals surface area contributed by atoms with Gasteiger partial charge in [0.2, 0.25) is 15.0 Å². The molecule has 11 nitrogen and oxygen atoms in total. The molecule has 0 radical (unpaired) electrons. The van der Waals surface area contributed by atoms with Gasteiger partial charge < -0.3 is 25.4 Å². The van der Waals surface area contributed by atoms with Crippen LogP contribution in [0.2, 0.25) is 0 Å². The molecule has 4 N–H and O–H groups in total. The first kappa shape index (κ1) is 20.6. The van der Waals surface area contributed by atoms with Crippen LogP contribution in [0.5, 0.6) is 0 Å². The van der Waals surface area contributed by atoms with Crippen LogP contribution in [-0.4, -0.2) is 74.4 Å². The van der Waals surface area contributed by atoms with E-state index in [0.29, 0.717) is 12.4 Å². The highest BCUT2D eigenvalue weighted by molar-refractivity contribution is 7.90. The van der Waals surface area contributed by atoms with E-state index < -0.39 is 46.1 Å². The second-order valence-electron chi connectivity index (χ2n) is 7.00. The fraction of sp³-hybridized carbons (Fsp3) is 0.389. The van der Waals surface area contributed by atoms with Gasteiger partial charge in [-0.2, -0.15) is 0 Å². The highest BCUT2D eigenvalue weighted by atomic mass is 32.2. The first-order valence-electron chi connectivity index (χ1n) is 9.14. The van der Waals surface area contributed by atoms with Crippen LogP contribution in [0.25, 0.3) is 11.2 Å². The molecule has 3 heterocycles. The molecule has 0 saturated carbocycles. The van der Waals surface area contributed by atoms with Crippen molar-refractivity contribution in [1.29, 1.82) is 0 Å². The highest BCUT2D eigenvalue weighted by Gasteiger charge is 2.45. The molecule has 1 aliphatic heterocycles. The molecule has 0 amide bonds. The van der Waals surface area contributed by atoms with E-state index in [0.717, 1.165) is 16.4 Å². The Morgan fingerprint density at radius 1 is 1.17 bits per heavy atom. The summed E-state index contributed by atoms with van der Waals surface area (Å²) in [6.07, 6.45) is -3.06. The average Bonchev–Trinajstić information content (AvgIpc) is 3.25. The third kappa shape index (κ3) is 3.63. The molecule has 12 heteroatoms. The van der Waals surface area contributed by atoms with Crippen molar-refractivity contribution in [2.24, 2.45) is 0 Å². The van der Waals surface area contributed by atoms with Crippen molar-refractivity contribution in [1.82, 2.24) is 19.5 Å². The number of benzene rings is 1. The Morgan fingerprint density at radius 3 is 2.53 bits per heavy atom. The Bertz CT molecular complexity index is 1150. The van der Waals surface area contributed by atoms with E-state index in [1.807, 2.05) is 30.3 Å². The summed E-state index contributed by atoms with van der Waals surface area (Å²) in [6.45, 7) is -0.129. The van der Waals surface area contributed by atoms with Crippen LogP contribution in [0.1, 0.15) is 11.8 Å². The van der Waals surface area contributed by atoms with Crippen LogP contribution in [0, 0.1) is 0 Å². The summed E-state index contributed by atoms with van der Waals surface area (Å²) in [7, 11) is -3.86. The summed E-state index contributed by atoms with van der Waals surface area (Å²) in [5.41, 5.74) is 1.26. The molecule has 2 aromatic heterocycles. The quantitative estimate of drug-likeness (QED) is 0.396. The lowest BCUT2D eigenvalue weighted by atomic mass is 10.1. The predicted octanol–water partition coefficient (Wildman–Crippen LogP) is -0.547. The molecule has 160 valence electrons. The van der Waals surface area contributed by atoms with Crippen molar-refractivity contribution >= 4 is 26.8 Å². The van der Waals surface area contributed by atoms with E-state index in [2.05, 4.69) is 20.3 Å². The molecular formula is C18H21N5O6S. The Morgan fingerprint density at radius 2 is 1.90 bits per heavy atom. The molecule has 1 aromatic carbocycles. The maximum absolute atomic E-state index is 12.4. The summed E-state index contributed by atoms with van der Waals surface area (Å²) < 4.78 is 31.5. The summed E-state index contributed by atoms with van der Waals surface area (Å²) in [5, 5.41) is 32.6. The molecule has 1 fully saturated rings. The summed E-state index contributed by atoms with van der Waals surface area (Å²) in [6, 6.07) is 9.53. The zero-order valence-electron chi connectivity index (χ0n) is 16.0. The standard InChI is InChI=1S/C18H21N5O6S/c1-30(27,28)18-22-12-15(19-7-10-5-3-2-4-6-10)20-9-21-16(12)23(18)17-14(26)13(25)11(8-24)29-17/h2-6,9,11,13-14,17,24-26H,7-8H2,1H3,(H,19,20,21)/t11-,13-,14-,17-/m1/s1. The normalized spacial score (nSPS) is 24.4. The van der Waals surface area contributed by atoms with Crippen LogP contribution in [-0.2, 0) is 21.1 Å². The number of aromatic nitrogens is 4. The van der Waals surface area contributed by atoms with E-state index in [-0.39, 0.29) is 11.2 Å². The van der Waals surface area contributed by atoms with Crippen LogP contribution < -0.4 is 5.32 Å². The minimum atomic E-state index is -3.86. The number of hydrogen-bond donors (Lipinski definition) is 4.